The highest BCUT2D eigenvalue weighted by atomic mass is 19.1. The molecule has 37 heavy (non-hydrogen) atoms. The molecule has 2 aromatic rings. The van der Waals surface area contributed by atoms with Crippen LogP contribution in [-0.2, 0) is 19.1 Å². The van der Waals surface area contributed by atoms with Crippen LogP contribution >= 0.6 is 0 Å². The van der Waals surface area contributed by atoms with E-state index in [0.717, 1.165) is 23.5 Å². The van der Waals surface area contributed by atoms with Crippen LogP contribution in [0.25, 0.3) is 11.1 Å². The number of halogens is 1. The van der Waals surface area contributed by atoms with Crippen LogP contribution in [0.3, 0.4) is 0 Å². The molecule has 1 aliphatic heterocycles. The van der Waals surface area contributed by atoms with Crippen LogP contribution in [0.1, 0.15) is 43.4 Å². The molecule has 8 nitrogen and oxygen atoms in total. The van der Waals surface area contributed by atoms with Gasteiger partial charge in [-0.15, -0.1) is 0 Å². The Morgan fingerprint density at radius 3 is 2.70 bits per heavy atom. The lowest BCUT2D eigenvalue weighted by Gasteiger charge is -2.39. The number of aryl methyl sites for hydroxylation is 1. The zero-order valence-electron chi connectivity index (χ0n) is 21.7. The molecule has 4 atom stereocenters. The van der Waals surface area contributed by atoms with Gasteiger partial charge in [-0.25, -0.2) is 9.18 Å². The van der Waals surface area contributed by atoms with E-state index in [-0.39, 0.29) is 31.0 Å². The lowest BCUT2D eigenvalue weighted by molar-refractivity contribution is -0.219. The molecule has 0 radical (unpaired) electrons. The summed E-state index contributed by atoms with van der Waals surface area (Å²) in [6.07, 6.45) is 0.0841. The van der Waals surface area contributed by atoms with Gasteiger partial charge in [-0.1, -0.05) is 42.0 Å². The van der Waals surface area contributed by atoms with Crippen molar-refractivity contribution in [2.24, 2.45) is 11.7 Å². The Labute approximate surface area is 217 Å². The predicted molar refractivity (Wildman–Crippen MR) is 137 cm³/mol. The molecule has 0 spiro atoms. The Morgan fingerprint density at radius 2 is 2.03 bits per heavy atom. The molecule has 2 amide bonds. The highest BCUT2D eigenvalue weighted by Crippen LogP contribution is 2.37. The zero-order chi connectivity index (χ0) is 26.5. The minimum absolute atomic E-state index is 0.0456. The standard InChI is InChI=1S/C28H36FN3O5/c1-4-32(28(34)35-3)37-26(22-9-6-10-23(29)25(22)19-8-5-7-18(2)15-19)24-17-31(13-14-36-24)27(33)20-11-12-21(30)16-20/h5-10,15,20-21,24,26H,4,11-14,16-17,30H2,1-3H3/t20-,21+,24?,26+/m1/s1. The number of carbonyl (C=O) groups is 2. The van der Waals surface area contributed by atoms with Gasteiger partial charge in [-0.2, -0.15) is 5.06 Å². The minimum atomic E-state index is -0.883. The van der Waals surface area contributed by atoms with Crippen LogP contribution in [-0.4, -0.2) is 67.5 Å². The molecular formula is C28H36FN3O5. The summed E-state index contributed by atoms with van der Waals surface area (Å²) >= 11 is 0. The second-order valence-corrected chi connectivity index (χ2v) is 9.73. The van der Waals surface area contributed by atoms with Gasteiger partial charge >= 0.3 is 6.09 Å². The average molecular weight is 514 g/mol. The van der Waals surface area contributed by atoms with Crippen molar-refractivity contribution >= 4 is 12.0 Å². The molecule has 2 aromatic carbocycles. The van der Waals surface area contributed by atoms with Crippen molar-refractivity contribution in [3.8, 4) is 11.1 Å². The fraction of sp³-hybridized carbons (Fsp3) is 0.500. The monoisotopic (exact) mass is 513 g/mol. The maximum atomic E-state index is 15.4. The third-order valence-electron chi connectivity index (χ3n) is 7.13. The molecule has 1 heterocycles. The van der Waals surface area contributed by atoms with Crippen molar-refractivity contribution in [3.63, 3.8) is 0 Å². The van der Waals surface area contributed by atoms with E-state index in [1.165, 1.54) is 13.2 Å². The second-order valence-electron chi connectivity index (χ2n) is 9.73. The Kier molecular flexibility index (Phi) is 8.79. The second kappa shape index (κ2) is 12.0. The largest absolute Gasteiger partial charge is 0.451 e. The van der Waals surface area contributed by atoms with E-state index >= 15 is 4.39 Å². The number of rotatable bonds is 7. The number of benzene rings is 2. The average Bonchev–Trinajstić information content (AvgIpc) is 3.34. The van der Waals surface area contributed by atoms with Gasteiger partial charge in [-0.3, -0.25) is 9.63 Å². The summed E-state index contributed by atoms with van der Waals surface area (Å²) in [6, 6.07) is 12.4. The number of ether oxygens (including phenoxy) is 2. The molecule has 0 bridgehead atoms. The fourth-order valence-corrected chi connectivity index (χ4v) is 5.25. The topological polar surface area (TPSA) is 94.3 Å². The maximum absolute atomic E-state index is 15.4. The van der Waals surface area contributed by atoms with Gasteiger partial charge in [0.2, 0.25) is 5.91 Å². The Balaban J connectivity index is 1.71. The molecule has 1 saturated carbocycles. The normalized spacial score (nSPS) is 22.5. The molecule has 4 rings (SSSR count). The predicted octanol–water partition coefficient (Wildman–Crippen LogP) is 4.22. The van der Waals surface area contributed by atoms with Gasteiger partial charge in [0.1, 0.15) is 18.0 Å². The molecule has 0 aromatic heterocycles. The summed E-state index contributed by atoms with van der Waals surface area (Å²) in [5.41, 5.74) is 8.61. The van der Waals surface area contributed by atoms with Gasteiger partial charge in [0.15, 0.2) is 0 Å². The fourth-order valence-electron chi connectivity index (χ4n) is 5.25. The first kappa shape index (κ1) is 27.0. The summed E-state index contributed by atoms with van der Waals surface area (Å²) in [5.74, 6) is -0.465. The number of hydrogen-bond donors (Lipinski definition) is 1. The van der Waals surface area contributed by atoms with Crippen LogP contribution < -0.4 is 5.73 Å². The van der Waals surface area contributed by atoms with Crippen LogP contribution in [0.2, 0.25) is 0 Å². The zero-order valence-corrected chi connectivity index (χ0v) is 21.7. The molecule has 2 N–H and O–H groups in total. The molecule has 2 fully saturated rings. The first-order valence-corrected chi connectivity index (χ1v) is 12.9. The van der Waals surface area contributed by atoms with E-state index in [2.05, 4.69) is 0 Å². The minimum Gasteiger partial charge on any atom is -0.451 e. The Morgan fingerprint density at radius 1 is 1.24 bits per heavy atom. The smallest absolute Gasteiger partial charge is 0.433 e. The highest BCUT2D eigenvalue weighted by Gasteiger charge is 2.39. The van der Waals surface area contributed by atoms with Gasteiger partial charge in [0.05, 0.1) is 13.7 Å². The SMILES string of the molecule is CCN(O[C@@H](c1cccc(F)c1-c1cccc(C)c1)C1CN(C(=O)[C@@H]2CC[C@H](N)C2)CCO1)C(=O)OC. The van der Waals surface area contributed by atoms with E-state index in [4.69, 9.17) is 20.0 Å². The quantitative estimate of drug-likeness (QED) is 0.558. The van der Waals surface area contributed by atoms with E-state index in [9.17, 15) is 9.59 Å². The number of amides is 2. The molecule has 9 heteroatoms. The van der Waals surface area contributed by atoms with Gasteiger partial charge in [0.25, 0.3) is 0 Å². The Hall–Kier alpha value is -3.01. The van der Waals surface area contributed by atoms with Crippen molar-refractivity contribution in [3.05, 3.63) is 59.4 Å². The molecule has 1 aliphatic carbocycles. The van der Waals surface area contributed by atoms with Crippen molar-refractivity contribution < 1.29 is 28.3 Å². The van der Waals surface area contributed by atoms with Crippen molar-refractivity contribution in [1.29, 1.82) is 0 Å². The summed E-state index contributed by atoms with van der Waals surface area (Å²) in [5, 5.41) is 1.09. The molecule has 1 saturated heterocycles. The number of morpholine rings is 1. The number of nitrogens with two attached hydrogens (primary N) is 1. The number of hydroxylamine groups is 2. The lowest BCUT2D eigenvalue weighted by atomic mass is 9.92. The molecule has 2 aliphatic rings. The third kappa shape index (κ3) is 6.11. The third-order valence-corrected chi connectivity index (χ3v) is 7.13. The van der Waals surface area contributed by atoms with E-state index < -0.39 is 24.1 Å². The van der Waals surface area contributed by atoms with Crippen molar-refractivity contribution in [1.82, 2.24) is 9.96 Å². The first-order chi connectivity index (χ1) is 17.8. The number of nitrogens with zero attached hydrogens (tertiary/aromatic N) is 2. The lowest BCUT2D eigenvalue weighted by Crippen LogP contribution is -2.50. The summed E-state index contributed by atoms with van der Waals surface area (Å²) in [6.45, 7) is 4.90. The first-order valence-electron chi connectivity index (χ1n) is 12.9. The van der Waals surface area contributed by atoms with E-state index in [1.54, 1.807) is 24.0 Å². The van der Waals surface area contributed by atoms with Gasteiger partial charge in [0, 0.05) is 37.2 Å². The number of methoxy groups -OCH3 is 1. The maximum Gasteiger partial charge on any atom is 0.433 e. The van der Waals surface area contributed by atoms with E-state index in [0.29, 0.717) is 36.3 Å². The summed E-state index contributed by atoms with van der Waals surface area (Å²) in [7, 11) is 1.27. The van der Waals surface area contributed by atoms with Crippen molar-refractivity contribution in [2.75, 3.05) is 33.4 Å². The molecule has 200 valence electrons. The summed E-state index contributed by atoms with van der Waals surface area (Å²) in [4.78, 5) is 33.7. The molecule has 1 unspecified atom stereocenters. The molecular weight excluding hydrogens is 477 g/mol. The van der Waals surface area contributed by atoms with Crippen LogP contribution in [0.5, 0.6) is 0 Å². The summed E-state index contributed by atoms with van der Waals surface area (Å²) < 4.78 is 26.4. The Bertz CT molecular complexity index is 1110. The van der Waals surface area contributed by atoms with E-state index in [1.807, 2.05) is 31.2 Å². The van der Waals surface area contributed by atoms with Gasteiger partial charge < -0.3 is 20.1 Å². The van der Waals surface area contributed by atoms with Crippen LogP contribution in [0.15, 0.2) is 42.5 Å². The van der Waals surface area contributed by atoms with Crippen molar-refractivity contribution in [2.45, 2.75) is 51.4 Å². The van der Waals surface area contributed by atoms with Gasteiger partial charge in [-0.05, 0) is 50.3 Å². The number of hydrogen-bond acceptors (Lipinski definition) is 6. The highest BCUT2D eigenvalue weighted by molar-refractivity contribution is 5.79. The van der Waals surface area contributed by atoms with Crippen LogP contribution in [0.4, 0.5) is 9.18 Å². The van der Waals surface area contributed by atoms with Crippen LogP contribution in [0, 0.1) is 18.7 Å². The number of carbonyl (C=O) groups excluding carboxylic acids is 2.